The van der Waals surface area contributed by atoms with E-state index in [0.717, 1.165) is 43.0 Å². The van der Waals surface area contributed by atoms with Crippen LogP contribution in [0.15, 0.2) is 48.8 Å². The van der Waals surface area contributed by atoms with Gasteiger partial charge < -0.3 is 14.8 Å². The van der Waals surface area contributed by atoms with Crippen LogP contribution >= 0.6 is 0 Å². The van der Waals surface area contributed by atoms with E-state index in [1.807, 2.05) is 43.5 Å². The zero-order valence-corrected chi connectivity index (χ0v) is 13.6. The third kappa shape index (κ3) is 4.02. The third-order valence-corrected chi connectivity index (χ3v) is 4.23. The van der Waals surface area contributed by atoms with Gasteiger partial charge in [-0.3, -0.25) is 4.98 Å². The van der Waals surface area contributed by atoms with Gasteiger partial charge in [-0.2, -0.15) is 0 Å². The van der Waals surface area contributed by atoms with Crippen LogP contribution in [-0.2, 0) is 0 Å². The van der Waals surface area contributed by atoms with E-state index in [9.17, 15) is 0 Å². The highest BCUT2D eigenvalue weighted by Crippen LogP contribution is 2.37. The predicted molar refractivity (Wildman–Crippen MR) is 90.8 cm³/mol. The van der Waals surface area contributed by atoms with E-state index >= 15 is 0 Å². The molecule has 0 amide bonds. The summed E-state index contributed by atoms with van der Waals surface area (Å²) in [7, 11) is 0. The standard InChI is InChI=1S/C19H24N2O2/c1-2-22-17-7-3-4-8-18(17)23-19(15-9-12-20-13-10-15)16-6-5-11-21-14-16/h3-8,11,14-15,19-20H,2,9-10,12-13H2,1H3. The maximum absolute atomic E-state index is 6.43. The Kier molecular flexibility index (Phi) is 5.48. The van der Waals surface area contributed by atoms with Gasteiger partial charge in [-0.05, 0) is 51.1 Å². The van der Waals surface area contributed by atoms with Crippen molar-refractivity contribution in [2.24, 2.45) is 5.92 Å². The molecule has 1 aliphatic heterocycles. The lowest BCUT2D eigenvalue weighted by atomic mass is 9.88. The summed E-state index contributed by atoms with van der Waals surface area (Å²) in [5.41, 5.74) is 1.13. The maximum Gasteiger partial charge on any atom is 0.162 e. The van der Waals surface area contributed by atoms with Crippen molar-refractivity contribution in [3.8, 4) is 11.5 Å². The molecule has 1 aromatic carbocycles. The summed E-state index contributed by atoms with van der Waals surface area (Å²) in [4.78, 5) is 4.27. The van der Waals surface area contributed by atoms with Gasteiger partial charge >= 0.3 is 0 Å². The second-order valence-electron chi connectivity index (χ2n) is 5.79. The Labute approximate surface area is 137 Å². The average Bonchev–Trinajstić information content (AvgIpc) is 2.63. The Hall–Kier alpha value is -2.07. The molecule has 2 aromatic rings. The summed E-state index contributed by atoms with van der Waals surface area (Å²) >= 11 is 0. The number of benzene rings is 1. The Balaban J connectivity index is 1.86. The summed E-state index contributed by atoms with van der Waals surface area (Å²) < 4.78 is 12.1. The first-order chi connectivity index (χ1) is 11.4. The van der Waals surface area contributed by atoms with Gasteiger partial charge in [0.05, 0.1) is 6.61 Å². The SMILES string of the molecule is CCOc1ccccc1OC(c1cccnc1)C1CCNCC1. The molecule has 1 aromatic heterocycles. The minimum Gasteiger partial charge on any atom is -0.490 e. The summed E-state index contributed by atoms with van der Waals surface area (Å²) in [6, 6.07) is 12.0. The minimum absolute atomic E-state index is 0.00686. The molecule has 1 unspecified atom stereocenters. The molecule has 0 aliphatic carbocycles. The number of hydrogen-bond donors (Lipinski definition) is 1. The van der Waals surface area contributed by atoms with Crippen LogP contribution in [0.3, 0.4) is 0 Å². The molecular weight excluding hydrogens is 288 g/mol. The van der Waals surface area contributed by atoms with Gasteiger partial charge in [0.1, 0.15) is 6.10 Å². The van der Waals surface area contributed by atoms with Crippen molar-refractivity contribution in [2.75, 3.05) is 19.7 Å². The highest BCUT2D eigenvalue weighted by Gasteiger charge is 2.27. The number of rotatable bonds is 6. The van der Waals surface area contributed by atoms with E-state index in [1.165, 1.54) is 0 Å². The van der Waals surface area contributed by atoms with Gasteiger partial charge in [-0.1, -0.05) is 18.2 Å². The first-order valence-electron chi connectivity index (χ1n) is 8.37. The summed E-state index contributed by atoms with van der Waals surface area (Å²) in [6.07, 6.45) is 5.94. The number of piperidine rings is 1. The molecule has 0 bridgehead atoms. The topological polar surface area (TPSA) is 43.4 Å². The molecule has 4 heteroatoms. The molecule has 1 saturated heterocycles. The minimum atomic E-state index is 0.00686. The Bertz CT molecular complexity index is 597. The second kappa shape index (κ2) is 7.97. The van der Waals surface area contributed by atoms with E-state index in [1.54, 1.807) is 6.20 Å². The van der Waals surface area contributed by atoms with Crippen molar-refractivity contribution in [1.29, 1.82) is 0 Å². The van der Waals surface area contributed by atoms with Crippen molar-refractivity contribution in [3.05, 3.63) is 54.4 Å². The fourth-order valence-electron chi connectivity index (χ4n) is 3.09. The van der Waals surface area contributed by atoms with Crippen LogP contribution in [0.2, 0.25) is 0 Å². The van der Waals surface area contributed by atoms with Crippen molar-refractivity contribution in [2.45, 2.75) is 25.9 Å². The third-order valence-electron chi connectivity index (χ3n) is 4.23. The van der Waals surface area contributed by atoms with Crippen molar-refractivity contribution >= 4 is 0 Å². The fraction of sp³-hybridized carbons (Fsp3) is 0.421. The number of aromatic nitrogens is 1. The zero-order chi connectivity index (χ0) is 15.9. The smallest absolute Gasteiger partial charge is 0.162 e. The lowest BCUT2D eigenvalue weighted by Crippen LogP contribution is -2.32. The van der Waals surface area contributed by atoms with Crippen LogP contribution in [0.25, 0.3) is 0 Å². The van der Waals surface area contributed by atoms with Crippen LogP contribution < -0.4 is 14.8 Å². The molecular formula is C19H24N2O2. The van der Waals surface area contributed by atoms with Crippen LogP contribution in [0.4, 0.5) is 0 Å². The lowest BCUT2D eigenvalue weighted by molar-refractivity contribution is 0.107. The van der Waals surface area contributed by atoms with Crippen LogP contribution in [0, 0.1) is 5.92 Å². The zero-order valence-electron chi connectivity index (χ0n) is 13.6. The first-order valence-corrected chi connectivity index (χ1v) is 8.37. The van der Waals surface area contributed by atoms with E-state index in [2.05, 4.69) is 16.4 Å². The van der Waals surface area contributed by atoms with E-state index in [0.29, 0.717) is 12.5 Å². The number of nitrogens with one attached hydrogen (secondary N) is 1. The van der Waals surface area contributed by atoms with E-state index in [4.69, 9.17) is 9.47 Å². The monoisotopic (exact) mass is 312 g/mol. The van der Waals surface area contributed by atoms with Gasteiger partial charge in [0.2, 0.25) is 0 Å². The number of pyridine rings is 1. The molecule has 1 aliphatic rings. The number of nitrogens with zero attached hydrogens (tertiary/aromatic N) is 1. The number of ether oxygens (including phenoxy) is 2. The first kappa shape index (κ1) is 15.8. The van der Waals surface area contributed by atoms with Gasteiger partial charge in [-0.15, -0.1) is 0 Å². The Morgan fingerprint density at radius 3 is 2.61 bits per heavy atom. The van der Waals surface area contributed by atoms with E-state index < -0.39 is 0 Å². The molecule has 122 valence electrons. The maximum atomic E-state index is 6.43. The molecule has 1 atom stereocenters. The van der Waals surface area contributed by atoms with Crippen LogP contribution in [0.1, 0.15) is 31.4 Å². The Morgan fingerprint density at radius 2 is 1.91 bits per heavy atom. The summed E-state index contributed by atoms with van der Waals surface area (Å²) in [6.45, 7) is 4.70. The molecule has 1 N–H and O–H groups in total. The van der Waals surface area contributed by atoms with Gasteiger partial charge in [-0.25, -0.2) is 0 Å². The van der Waals surface area contributed by atoms with Crippen molar-refractivity contribution < 1.29 is 9.47 Å². The summed E-state index contributed by atoms with van der Waals surface area (Å²) in [5.74, 6) is 2.09. The van der Waals surface area contributed by atoms with E-state index in [-0.39, 0.29) is 6.10 Å². The number of hydrogen-bond acceptors (Lipinski definition) is 4. The van der Waals surface area contributed by atoms with Crippen molar-refractivity contribution in [3.63, 3.8) is 0 Å². The second-order valence-corrected chi connectivity index (χ2v) is 5.79. The van der Waals surface area contributed by atoms with Crippen molar-refractivity contribution in [1.82, 2.24) is 10.3 Å². The molecule has 2 heterocycles. The quantitative estimate of drug-likeness (QED) is 0.885. The molecule has 0 radical (unpaired) electrons. The van der Waals surface area contributed by atoms with Gasteiger partial charge in [0.25, 0.3) is 0 Å². The molecule has 3 rings (SSSR count). The van der Waals surface area contributed by atoms with Gasteiger partial charge in [0.15, 0.2) is 11.5 Å². The molecule has 1 fully saturated rings. The largest absolute Gasteiger partial charge is 0.490 e. The van der Waals surface area contributed by atoms with Crippen LogP contribution in [-0.4, -0.2) is 24.7 Å². The fourth-order valence-corrected chi connectivity index (χ4v) is 3.09. The average molecular weight is 312 g/mol. The molecule has 4 nitrogen and oxygen atoms in total. The normalized spacial score (nSPS) is 16.7. The predicted octanol–water partition coefficient (Wildman–Crippen LogP) is 3.60. The Morgan fingerprint density at radius 1 is 1.13 bits per heavy atom. The highest BCUT2D eigenvalue weighted by atomic mass is 16.5. The number of para-hydroxylation sites is 2. The molecule has 23 heavy (non-hydrogen) atoms. The molecule has 0 saturated carbocycles. The summed E-state index contributed by atoms with van der Waals surface area (Å²) in [5, 5.41) is 3.42. The highest BCUT2D eigenvalue weighted by molar-refractivity contribution is 5.40. The lowest BCUT2D eigenvalue weighted by Gasteiger charge is -2.31. The molecule has 0 spiro atoms. The van der Waals surface area contributed by atoms with Crippen LogP contribution in [0.5, 0.6) is 11.5 Å². The van der Waals surface area contributed by atoms with Gasteiger partial charge in [0, 0.05) is 23.9 Å².